The van der Waals surface area contributed by atoms with Crippen LogP contribution in [0.5, 0.6) is 5.75 Å². The van der Waals surface area contributed by atoms with Crippen molar-refractivity contribution in [1.82, 2.24) is 10.7 Å². The summed E-state index contributed by atoms with van der Waals surface area (Å²) in [5.41, 5.74) is 1.33. The topological polar surface area (TPSA) is 115 Å². The van der Waals surface area contributed by atoms with Crippen molar-refractivity contribution >= 4 is 17.7 Å². The highest BCUT2D eigenvalue weighted by Crippen LogP contribution is 2.25. The summed E-state index contributed by atoms with van der Waals surface area (Å²) >= 11 is 0. The van der Waals surface area contributed by atoms with Gasteiger partial charge in [0.05, 0.1) is 6.54 Å². The molecule has 1 aromatic rings. The molecule has 2 amide bonds. The van der Waals surface area contributed by atoms with Gasteiger partial charge in [0.15, 0.2) is 0 Å². The van der Waals surface area contributed by atoms with Gasteiger partial charge in [0.1, 0.15) is 17.4 Å². The first kappa shape index (κ1) is 21.4. The summed E-state index contributed by atoms with van der Waals surface area (Å²) in [5.74, 6) is 3.94. The first-order valence-corrected chi connectivity index (χ1v) is 7.49. The fraction of sp³-hybridized carbons (Fsp3) is 0.467. The van der Waals surface area contributed by atoms with Gasteiger partial charge >= 0.3 is 12.5 Å². The highest BCUT2D eigenvalue weighted by atomic mass is 19.4. The van der Waals surface area contributed by atoms with E-state index in [0.29, 0.717) is 0 Å². The van der Waals surface area contributed by atoms with Crippen LogP contribution < -0.4 is 26.6 Å². The van der Waals surface area contributed by atoms with Crippen LogP contribution in [0, 0.1) is 0 Å². The summed E-state index contributed by atoms with van der Waals surface area (Å²) in [5, 5.41) is 5.04. The van der Waals surface area contributed by atoms with E-state index in [4.69, 9.17) is 10.6 Å². The van der Waals surface area contributed by atoms with Gasteiger partial charge < -0.3 is 20.1 Å². The lowest BCUT2D eigenvalue weighted by molar-refractivity contribution is -0.274. The molecule has 0 aliphatic rings. The zero-order chi connectivity index (χ0) is 20.0. The number of carbonyl (C=O) groups is 2. The van der Waals surface area contributed by atoms with E-state index in [2.05, 4.69) is 15.4 Å². The Labute approximate surface area is 148 Å². The molecule has 1 aromatic carbocycles. The van der Waals surface area contributed by atoms with E-state index in [1.165, 1.54) is 12.1 Å². The maximum absolute atomic E-state index is 12.3. The van der Waals surface area contributed by atoms with Crippen LogP contribution in [0.1, 0.15) is 20.8 Å². The third kappa shape index (κ3) is 8.42. The van der Waals surface area contributed by atoms with Crippen LogP contribution in [-0.4, -0.2) is 36.6 Å². The fourth-order valence-corrected chi connectivity index (χ4v) is 1.79. The number of rotatable bonds is 6. The van der Waals surface area contributed by atoms with E-state index >= 15 is 0 Å². The van der Waals surface area contributed by atoms with Crippen LogP contribution in [0.2, 0.25) is 0 Å². The Morgan fingerprint density at radius 2 is 1.88 bits per heavy atom. The molecule has 0 heterocycles. The van der Waals surface area contributed by atoms with E-state index in [1.807, 2.05) is 5.43 Å². The summed E-state index contributed by atoms with van der Waals surface area (Å²) < 4.78 is 45.7. The minimum atomic E-state index is -4.84. The van der Waals surface area contributed by atoms with Crippen molar-refractivity contribution in [3.05, 3.63) is 24.3 Å². The van der Waals surface area contributed by atoms with Gasteiger partial charge in [-0.15, -0.1) is 13.2 Å². The minimum Gasteiger partial charge on any atom is -0.444 e. The molecule has 0 aromatic heterocycles. The van der Waals surface area contributed by atoms with Crippen LogP contribution in [-0.2, 0) is 9.53 Å². The van der Waals surface area contributed by atoms with E-state index < -0.39 is 35.8 Å². The lowest BCUT2D eigenvalue weighted by atomic mass is 10.2. The second-order valence-corrected chi connectivity index (χ2v) is 6.16. The number of benzene rings is 1. The number of amides is 2. The number of hydrogen-bond donors (Lipinski definition) is 4. The molecule has 11 heteroatoms. The van der Waals surface area contributed by atoms with Gasteiger partial charge in [-0.05, 0) is 32.9 Å². The number of anilines is 1. The smallest absolute Gasteiger partial charge is 0.444 e. The fourth-order valence-electron chi connectivity index (χ4n) is 1.79. The summed E-state index contributed by atoms with van der Waals surface area (Å²) in [4.78, 5) is 23.5. The molecule has 0 radical (unpaired) electrons. The third-order valence-electron chi connectivity index (χ3n) is 2.72. The van der Waals surface area contributed by atoms with Crippen LogP contribution >= 0.6 is 0 Å². The van der Waals surface area contributed by atoms with Crippen molar-refractivity contribution in [1.29, 1.82) is 0 Å². The summed E-state index contributed by atoms with van der Waals surface area (Å²) in [6.07, 6.45) is -5.60. The Morgan fingerprint density at radius 1 is 1.23 bits per heavy atom. The van der Waals surface area contributed by atoms with E-state index in [1.54, 1.807) is 20.8 Å². The van der Waals surface area contributed by atoms with Gasteiger partial charge in [-0.1, -0.05) is 6.07 Å². The largest absolute Gasteiger partial charge is 0.573 e. The number of carbonyl (C=O) groups excluding carboxylic acids is 2. The Morgan fingerprint density at radius 3 is 2.42 bits per heavy atom. The lowest BCUT2D eigenvalue weighted by Crippen LogP contribution is -2.49. The number of nitrogens with two attached hydrogens (primary N) is 1. The van der Waals surface area contributed by atoms with Gasteiger partial charge in [-0.25, -0.2) is 10.6 Å². The number of alkyl carbamates (subject to hydrolysis) is 1. The number of hydrazine groups is 1. The van der Waals surface area contributed by atoms with Crippen molar-refractivity contribution in [3.63, 3.8) is 0 Å². The number of nitrogens with one attached hydrogen (secondary N) is 3. The molecule has 5 N–H and O–H groups in total. The van der Waals surface area contributed by atoms with E-state index in [-0.39, 0.29) is 12.2 Å². The van der Waals surface area contributed by atoms with Crippen molar-refractivity contribution in [3.8, 4) is 5.75 Å². The molecule has 8 nitrogen and oxygen atoms in total. The average molecular weight is 378 g/mol. The first-order chi connectivity index (χ1) is 11.9. The van der Waals surface area contributed by atoms with Crippen molar-refractivity contribution < 1.29 is 32.2 Å². The molecule has 0 saturated heterocycles. The van der Waals surface area contributed by atoms with Gasteiger partial charge in [0, 0.05) is 11.8 Å². The molecular weight excluding hydrogens is 357 g/mol. The Kier molecular flexibility index (Phi) is 7.07. The van der Waals surface area contributed by atoms with Crippen LogP contribution in [0.15, 0.2) is 24.3 Å². The van der Waals surface area contributed by atoms with Gasteiger partial charge in [0.2, 0.25) is 0 Å². The number of hydrogen-bond acceptors (Lipinski definition) is 6. The highest BCUT2D eigenvalue weighted by molar-refractivity contribution is 5.85. The molecule has 0 aliphatic carbocycles. The Balaban J connectivity index is 2.78. The van der Waals surface area contributed by atoms with Crippen molar-refractivity contribution in [2.45, 2.75) is 38.8 Å². The Bertz CT molecular complexity index is 632. The molecule has 146 valence electrons. The van der Waals surface area contributed by atoms with Gasteiger partial charge in [0.25, 0.3) is 5.91 Å². The van der Waals surface area contributed by atoms with Crippen molar-refractivity contribution in [2.24, 2.45) is 5.84 Å². The van der Waals surface area contributed by atoms with E-state index in [0.717, 1.165) is 12.1 Å². The quantitative estimate of drug-likeness (QED) is 0.341. The monoisotopic (exact) mass is 378 g/mol. The average Bonchev–Trinajstić information content (AvgIpc) is 2.47. The molecule has 0 fully saturated rings. The molecule has 0 spiro atoms. The predicted octanol–water partition coefficient (Wildman–Crippen LogP) is 1.88. The van der Waals surface area contributed by atoms with Crippen LogP contribution in [0.3, 0.4) is 0 Å². The Hall–Kier alpha value is -2.69. The third-order valence-corrected chi connectivity index (χ3v) is 2.72. The molecule has 1 rings (SSSR count). The maximum atomic E-state index is 12.3. The molecule has 26 heavy (non-hydrogen) atoms. The molecule has 0 aliphatic heterocycles. The lowest BCUT2D eigenvalue weighted by Gasteiger charge is -2.22. The number of halogens is 3. The zero-order valence-electron chi connectivity index (χ0n) is 14.4. The van der Waals surface area contributed by atoms with Gasteiger partial charge in [-0.2, -0.15) is 0 Å². The summed E-state index contributed by atoms with van der Waals surface area (Å²) in [6.45, 7) is 4.78. The SMILES string of the molecule is CC(C)(C)OC(=O)NC[C@H](Nc1cccc(OC(F)(F)F)c1)C(=O)NN. The summed E-state index contributed by atoms with van der Waals surface area (Å²) in [7, 11) is 0. The number of ether oxygens (including phenoxy) is 2. The zero-order valence-corrected chi connectivity index (χ0v) is 14.4. The highest BCUT2D eigenvalue weighted by Gasteiger charge is 2.31. The molecule has 0 unspecified atom stereocenters. The van der Waals surface area contributed by atoms with Crippen LogP contribution in [0.4, 0.5) is 23.7 Å². The molecule has 0 saturated carbocycles. The second-order valence-electron chi connectivity index (χ2n) is 6.16. The van der Waals surface area contributed by atoms with E-state index in [9.17, 15) is 22.8 Å². The molecular formula is C15H21F3N4O4. The second kappa shape index (κ2) is 8.61. The first-order valence-electron chi connectivity index (χ1n) is 7.49. The molecule has 1 atom stereocenters. The predicted molar refractivity (Wildman–Crippen MR) is 87.1 cm³/mol. The number of alkyl halides is 3. The minimum absolute atomic E-state index is 0.159. The maximum Gasteiger partial charge on any atom is 0.573 e. The molecule has 0 bridgehead atoms. The standard InChI is InChI=1S/C15H21F3N4O4/c1-14(2,3)26-13(24)20-8-11(12(23)22-19)21-9-5-4-6-10(7-9)25-15(16,17)18/h4-7,11,21H,8,19H2,1-3H3,(H,20,24)(H,22,23)/t11-/m0/s1. The van der Waals surface area contributed by atoms with Gasteiger partial charge in [-0.3, -0.25) is 10.2 Å². The normalized spacial score (nSPS) is 12.7. The van der Waals surface area contributed by atoms with Crippen LogP contribution in [0.25, 0.3) is 0 Å². The van der Waals surface area contributed by atoms with Crippen molar-refractivity contribution in [2.75, 3.05) is 11.9 Å². The summed E-state index contributed by atoms with van der Waals surface area (Å²) in [6, 6.07) is 3.83.